The molecule has 0 bridgehead atoms. The molecule has 5 nitrogen and oxygen atoms in total. The number of nitrogens with zero attached hydrogens (tertiary/aromatic N) is 1. The summed E-state index contributed by atoms with van der Waals surface area (Å²) in [5, 5.41) is 11.6. The normalized spacial score (nSPS) is 12.0. The van der Waals surface area contributed by atoms with Crippen LogP contribution in [0.3, 0.4) is 0 Å². The SMILES string of the molecule is C=CCCCN(C)C(=O)NC(CC(C)C)C(=O)O. The van der Waals surface area contributed by atoms with Crippen molar-refractivity contribution in [3.8, 4) is 0 Å². The summed E-state index contributed by atoms with van der Waals surface area (Å²) in [6.45, 7) is 8.05. The van der Waals surface area contributed by atoms with Crippen molar-refractivity contribution in [1.29, 1.82) is 0 Å². The lowest BCUT2D eigenvalue weighted by atomic mass is 10.0. The zero-order chi connectivity index (χ0) is 14.1. The number of allylic oxidation sites excluding steroid dienone is 1. The summed E-state index contributed by atoms with van der Waals surface area (Å²) in [5.74, 6) is -0.769. The largest absolute Gasteiger partial charge is 0.480 e. The van der Waals surface area contributed by atoms with Gasteiger partial charge in [0, 0.05) is 13.6 Å². The van der Waals surface area contributed by atoms with Gasteiger partial charge in [-0.05, 0) is 25.2 Å². The molecule has 0 radical (unpaired) electrons. The van der Waals surface area contributed by atoms with Crippen LogP contribution < -0.4 is 5.32 Å². The van der Waals surface area contributed by atoms with Crippen LogP contribution in [-0.2, 0) is 4.79 Å². The van der Waals surface area contributed by atoms with Crippen molar-refractivity contribution in [1.82, 2.24) is 10.2 Å². The van der Waals surface area contributed by atoms with Crippen LogP contribution in [0.15, 0.2) is 12.7 Å². The second-order valence-corrected chi connectivity index (χ2v) is 4.82. The molecule has 0 aromatic rings. The monoisotopic (exact) mass is 256 g/mol. The number of unbranched alkanes of at least 4 members (excludes halogenated alkanes) is 1. The van der Waals surface area contributed by atoms with Crippen LogP contribution in [0.25, 0.3) is 0 Å². The molecule has 1 unspecified atom stereocenters. The molecule has 0 aliphatic carbocycles. The van der Waals surface area contributed by atoms with Crippen molar-refractivity contribution in [2.45, 2.75) is 39.2 Å². The summed E-state index contributed by atoms with van der Waals surface area (Å²) < 4.78 is 0. The number of carbonyl (C=O) groups is 2. The van der Waals surface area contributed by atoms with Crippen molar-refractivity contribution in [2.75, 3.05) is 13.6 Å². The van der Waals surface area contributed by atoms with Gasteiger partial charge in [0.1, 0.15) is 6.04 Å². The predicted octanol–water partition coefficient (Wildman–Crippen LogP) is 2.09. The molecule has 2 amide bonds. The third-order valence-corrected chi connectivity index (χ3v) is 2.55. The summed E-state index contributed by atoms with van der Waals surface area (Å²) in [5.41, 5.74) is 0. The van der Waals surface area contributed by atoms with E-state index in [9.17, 15) is 9.59 Å². The number of carboxylic acids is 1. The molecular weight excluding hydrogens is 232 g/mol. The van der Waals surface area contributed by atoms with Crippen LogP contribution >= 0.6 is 0 Å². The Labute approximate surface area is 109 Å². The molecule has 0 aliphatic rings. The first-order valence-electron chi connectivity index (χ1n) is 6.23. The molecule has 0 aliphatic heterocycles. The highest BCUT2D eigenvalue weighted by molar-refractivity contribution is 5.82. The Bertz CT molecular complexity index is 290. The summed E-state index contributed by atoms with van der Waals surface area (Å²) in [6, 6.07) is -1.16. The molecule has 0 spiro atoms. The van der Waals surface area contributed by atoms with Gasteiger partial charge >= 0.3 is 12.0 Å². The molecule has 2 N–H and O–H groups in total. The first-order valence-corrected chi connectivity index (χ1v) is 6.23. The van der Waals surface area contributed by atoms with Crippen molar-refractivity contribution in [2.24, 2.45) is 5.92 Å². The lowest BCUT2D eigenvalue weighted by Crippen LogP contribution is -2.47. The maximum atomic E-state index is 11.8. The fourth-order valence-electron chi connectivity index (χ4n) is 1.53. The second-order valence-electron chi connectivity index (χ2n) is 4.82. The van der Waals surface area contributed by atoms with Crippen LogP contribution in [-0.4, -0.2) is 41.6 Å². The van der Waals surface area contributed by atoms with E-state index in [0.29, 0.717) is 13.0 Å². The van der Waals surface area contributed by atoms with Crippen LogP contribution in [0.4, 0.5) is 4.79 Å². The molecule has 0 saturated carbocycles. The number of amides is 2. The van der Waals surface area contributed by atoms with E-state index in [0.717, 1.165) is 12.8 Å². The summed E-state index contributed by atoms with van der Waals surface area (Å²) >= 11 is 0. The highest BCUT2D eigenvalue weighted by Gasteiger charge is 2.22. The summed E-state index contributed by atoms with van der Waals surface area (Å²) in [6.07, 6.45) is 3.90. The van der Waals surface area contributed by atoms with Crippen LogP contribution in [0, 0.1) is 5.92 Å². The number of carboxylic acid groups (broad SMARTS) is 1. The summed E-state index contributed by atoms with van der Waals surface area (Å²) in [4.78, 5) is 24.3. The Kier molecular flexibility index (Phi) is 7.83. The quantitative estimate of drug-likeness (QED) is 0.516. The zero-order valence-corrected chi connectivity index (χ0v) is 11.5. The Morgan fingerprint density at radius 2 is 2.06 bits per heavy atom. The van der Waals surface area contributed by atoms with E-state index in [1.165, 1.54) is 4.90 Å². The zero-order valence-electron chi connectivity index (χ0n) is 11.5. The third kappa shape index (κ3) is 6.93. The van der Waals surface area contributed by atoms with Gasteiger partial charge in [0.2, 0.25) is 0 Å². The van der Waals surface area contributed by atoms with Gasteiger partial charge in [0.25, 0.3) is 0 Å². The number of rotatable bonds is 8. The lowest BCUT2D eigenvalue weighted by Gasteiger charge is -2.22. The predicted molar refractivity (Wildman–Crippen MR) is 71.5 cm³/mol. The van der Waals surface area contributed by atoms with E-state index in [-0.39, 0.29) is 11.9 Å². The molecule has 0 aromatic carbocycles. The molecule has 18 heavy (non-hydrogen) atoms. The average molecular weight is 256 g/mol. The van der Waals surface area contributed by atoms with Crippen LogP contribution in [0.5, 0.6) is 0 Å². The lowest BCUT2D eigenvalue weighted by molar-refractivity contribution is -0.139. The molecule has 0 rings (SSSR count). The van der Waals surface area contributed by atoms with Gasteiger partial charge in [-0.3, -0.25) is 0 Å². The number of nitrogens with one attached hydrogen (secondary N) is 1. The molecule has 5 heteroatoms. The fraction of sp³-hybridized carbons (Fsp3) is 0.692. The highest BCUT2D eigenvalue weighted by Crippen LogP contribution is 2.05. The molecule has 1 atom stereocenters. The Morgan fingerprint density at radius 3 is 2.50 bits per heavy atom. The smallest absolute Gasteiger partial charge is 0.326 e. The first kappa shape index (κ1) is 16.5. The number of aliphatic carboxylic acids is 1. The molecule has 0 aromatic heterocycles. The van der Waals surface area contributed by atoms with Crippen LogP contribution in [0.1, 0.15) is 33.1 Å². The third-order valence-electron chi connectivity index (χ3n) is 2.55. The van der Waals surface area contributed by atoms with Gasteiger partial charge in [0.05, 0.1) is 0 Å². The molecular formula is C13H24N2O3. The van der Waals surface area contributed by atoms with Crippen molar-refractivity contribution in [3.05, 3.63) is 12.7 Å². The number of hydrogen-bond acceptors (Lipinski definition) is 2. The molecule has 0 fully saturated rings. The standard InChI is InChI=1S/C13H24N2O3/c1-5-6-7-8-15(4)13(18)14-11(12(16)17)9-10(2)3/h5,10-11H,1,6-9H2,2-4H3,(H,14,18)(H,16,17). The highest BCUT2D eigenvalue weighted by atomic mass is 16.4. The van der Waals surface area contributed by atoms with Gasteiger partial charge in [-0.15, -0.1) is 6.58 Å². The maximum absolute atomic E-state index is 11.8. The molecule has 0 saturated heterocycles. The number of urea groups is 1. The van der Waals surface area contributed by atoms with Crippen molar-refractivity contribution in [3.63, 3.8) is 0 Å². The van der Waals surface area contributed by atoms with E-state index >= 15 is 0 Å². The van der Waals surface area contributed by atoms with Gasteiger partial charge in [-0.1, -0.05) is 19.9 Å². The van der Waals surface area contributed by atoms with Crippen molar-refractivity contribution >= 4 is 12.0 Å². The average Bonchev–Trinajstić information content (AvgIpc) is 2.27. The molecule has 0 heterocycles. The summed E-state index contributed by atoms with van der Waals surface area (Å²) in [7, 11) is 1.66. The minimum Gasteiger partial charge on any atom is -0.480 e. The van der Waals surface area contributed by atoms with Gasteiger partial charge in [0.15, 0.2) is 0 Å². The number of hydrogen-bond donors (Lipinski definition) is 2. The van der Waals surface area contributed by atoms with Crippen LogP contribution in [0.2, 0.25) is 0 Å². The Balaban J connectivity index is 4.23. The van der Waals surface area contributed by atoms with Gasteiger partial charge in [-0.2, -0.15) is 0 Å². The fourth-order valence-corrected chi connectivity index (χ4v) is 1.53. The van der Waals surface area contributed by atoms with E-state index in [4.69, 9.17) is 5.11 Å². The number of carbonyl (C=O) groups excluding carboxylic acids is 1. The minimum absolute atomic E-state index is 0.220. The minimum atomic E-state index is -0.989. The van der Waals surface area contributed by atoms with Crippen molar-refractivity contribution < 1.29 is 14.7 Å². The van der Waals surface area contributed by atoms with Gasteiger partial charge < -0.3 is 15.3 Å². The Hall–Kier alpha value is -1.52. The van der Waals surface area contributed by atoms with E-state index in [2.05, 4.69) is 11.9 Å². The first-order chi connectivity index (χ1) is 8.38. The Morgan fingerprint density at radius 1 is 1.44 bits per heavy atom. The topological polar surface area (TPSA) is 69.6 Å². The van der Waals surface area contributed by atoms with Gasteiger partial charge in [-0.25, -0.2) is 9.59 Å². The van der Waals surface area contributed by atoms with E-state index in [1.54, 1.807) is 13.1 Å². The molecule has 104 valence electrons. The van der Waals surface area contributed by atoms with E-state index < -0.39 is 12.0 Å². The maximum Gasteiger partial charge on any atom is 0.326 e. The second kappa shape index (κ2) is 8.55. The van der Waals surface area contributed by atoms with E-state index in [1.807, 2.05) is 13.8 Å².